The molecular formula is C25H31N3O4S. The van der Waals surface area contributed by atoms with E-state index in [0.29, 0.717) is 30.2 Å². The van der Waals surface area contributed by atoms with Gasteiger partial charge in [-0.15, -0.1) is 0 Å². The van der Waals surface area contributed by atoms with Crippen molar-refractivity contribution >= 4 is 34.2 Å². The van der Waals surface area contributed by atoms with Gasteiger partial charge in [0.15, 0.2) is 16.7 Å². The average Bonchev–Trinajstić information content (AvgIpc) is 3.16. The zero-order valence-electron chi connectivity index (χ0n) is 19.6. The van der Waals surface area contributed by atoms with Crippen molar-refractivity contribution in [3.05, 3.63) is 48.0 Å². The number of nitrogens with zero attached hydrogens (tertiary/aromatic N) is 3. The summed E-state index contributed by atoms with van der Waals surface area (Å²) in [4.78, 5) is 21.4. The van der Waals surface area contributed by atoms with Crippen LogP contribution in [0.2, 0.25) is 0 Å². The summed E-state index contributed by atoms with van der Waals surface area (Å²) < 4.78 is 16.5. The Hall–Kier alpha value is -2.71. The molecule has 2 aromatic carbocycles. The third-order valence-corrected chi connectivity index (χ3v) is 6.75. The van der Waals surface area contributed by atoms with E-state index in [1.807, 2.05) is 30.3 Å². The Kier molecular flexibility index (Phi) is 7.45. The molecule has 0 aliphatic carbocycles. The van der Waals surface area contributed by atoms with Crippen LogP contribution in [-0.2, 0) is 16.0 Å². The fourth-order valence-electron chi connectivity index (χ4n) is 4.22. The Morgan fingerprint density at radius 3 is 2.39 bits per heavy atom. The van der Waals surface area contributed by atoms with Gasteiger partial charge in [-0.2, -0.15) is 0 Å². The lowest BCUT2D eigenvalue weighted by Gasteiger charge is -2.36. The Morgan fingerprint density at radius 2 is 1.73 bits per heavy atom. The van der Waals surface area contributed by atoms with E-state index >= 15 is 0 Å². The minimum atomic E-state index is 0.0899. The van der Waals surface area contributed by atoms with Crippen molar-refractivity contribution in [1.29, 1.82) is 0 Å². The zero-order valence-corrected chi connectivity index (χ0v) is 20.4. The molecule has 2 aromatic rings. The largest absolute Gasteiger partial charge is 0.493 e. The van der Waals surface area contributed by atoms with E-state index in [1.54, 1.807) is 19.1 Å². The van der Waals surface area contributed by atoms with Gasteiger partial charge in [-0.25, -0.2) is 4.99 Å². The van der Waals surface area contributed by atoms with E-state index in [0.717, 1.165) is 29.5 Å². The van der Waals surface area contributed by atoms with E-state index in [2.05, 4.69) is 30.9 Å². The lowest BCUT2D eigenvalue weighted by atomic mass is 10.1. The van der Waals surface area contributed by atoms with Gasteiger partial charge in [-0.1, -0.05) is 17.8 Å². The summed E-state index contributed by atoms with van der Waals surface area (Å²) in [5.74, 6) is 1.90. The monoisotopic (exact) mass is 469 g/mol. The van der Waals surface area contributed by atoms with Gasteiger partial charge in [0, 0.05) is 25.3 Å². The maximum atomic E-state index is 12.5. The van der Waals surface area contributed by atoms with Gasteiger partial charge in [-0.05, 0) is 62.2 Å². The number of methoxy groups -OCH3 is 2. The number of hydrogen-bond donors (Lipinski definition) is 0. The highest BCUT2D eigenvalue weighted by Crippen LogP contribution is 2.29. The third-order valence-electron chi connectivity index (χ3n) is 5.79. The summed E-state index contributed by atoms with van der Waals surface area (Å²) in [6, 6.07) is 14.1. The van der Waals surface area contributed by atoms with E-state index in [-0.39, 0.29) is 18.1 Å². The highest BCUT2D eigenvalue weighted by Gasteiger charge is 2.28. The van der Waals surface area contributed by atoms with Crippen LogP contribution in [0.15, 0.2) is 47.5 Å². The predicted octanol–water partition coefficient (Wildman–Crippen LogP) is 4.12. The molecular weight excluding hydrogens is 438 g/mol. The number of aliphatic imine (C=N–C) groups is 1. The van der Waals surface area contributed by atoms with Gasteiger partial charge in [0.1, 0.15) is 0 Å². The van der Waals surface area contributed by atoms with Crippen molar-refractivity contribution in [3.63, 3.8) is 0 Å². The second-order valence-electron chi connectivity index (χ2n) is 8.35. The minimum absolute atomic E-state index is 0.0899. The Morgan fingerprint density at radius 1 is 1.03 bits per heavy atom. The Balaban J connectivity index is 1.43. The van der Waals surface area contributed by atoms with Crippen molar-refractivity contribution in [2.45, 2.75) is 32.5 Å². The van der Waals surface area contributed by atoms with E-state index in [4.69, 9.17) is 19.2 Å². The average molecular weight is 470 g/mol. The smallest absolute Gasteiger partial charge is 0.239 e. The van der Waals surface area contributed by atoms with Crippen molar-refractivity contribution in [1.82, 2.24) is 4.90 Å². The molecule has 2 heterocycles. The number of benzene rings is 2. The molecule has 0 aromatic heterocycles. The van der Waals surface area contributed by atoms with Gasteiger partial charge < -0.3 is 19.1 Å². The van der Waals surface area contributed by atoms with Crippen LogP contribution in [0.3, 0.4) is 0 Å². The van der Waals surface area contributed by atoms with Gasteiger partial charge in [0.05, 0.1) is 37.9 Å². The molecule has 0 spiro atoms. The third kappa shape index (κ3) is 5.62. The molecule has 2 aliphatic rings. The number of carbonyl (C=O) groups is 1. The molecule has 4 rings (SSSR count). The Bertz CT molecular complexity index is 1000. The summed E-state index contributed by atoms with van der Waals surface area (Å²) in [6.07, 6.45) is 1.14. The van der Waals surface area contributed by atoms with Crippen molar-refractivity contribution in [3.8, 4) is 11.5 Å². The second-order valence-corrected chi connectivity index (χ2v) is 9.29. The standard InChI is InChI=1S/C25H31N3O4S/c1-17-14-27(15-18(2)32-17)21-8-6-20(7-9-21)26-25-28(24(29)16-33-25)12-11-19-5-10-22(30-3)23(13-19)31-4/h5-10,13,17-18H,11-12,14-16H2,1-4H3. The summed E-state index contributed by atoms with van der Waals surface area (Å²) in [7, 11) is 3.24. The van der Waals surface area contributed by atoms with Crippen molar-refractivity contribution in [2.24, 2.45) is 4.99 Å². The maximum absolute atomic E-state index is 12.5. The summed E-state index contributed by atoms with van der Waals surface area (Å²) in [5.41, 5.74) is 3.10. The molecule has 1 amide bonds. The first-order valence-electron chi connectivity index (χ1n) is 11.2. The SMILES string of the molecule is COc1ccc(CCN2C(=O)CSC2=Nc2ccc(N3CC(C)OC(C)C3)cc2)cc1OC. The molecule has 0 radical (unpaired) electrons. The van der Waals surface area contributed by atoms with Gasteiger partial charge in [0.2, 0.25) is 5.91 Å². The number of thioether (sulfide) groups is 1. The minimum Gasteiger partial charge on any atom is -0.493 e. The van der Waals surface area contributed by atoms with Crippen LogP contribution in [0.5, 0.6) is 11.5 Å². The molecule has 0 saturated carbocycles. The lowest BCUT2D eigenvalue weighted by Crippen LogP contribution is -2.45. The number of rotatable bonds is 7. The number of carbonyl (C=O) groups excluding carboxylic acids is 1. The van der Waals surface area contributed by atoms with E-state index in [1.165, 1.54) is 17.4 Å². The molecule has 2 aliphatic heterocycles. The van der Waals surface area contributed by atoms with Crippen LogP contribution in [-0.4, -0.2) is 67.8 Å². The first kappa shape index (κ1) is 23.4. The van der Waals surface area contributed by atoms with Crippen LogP contribution in [0.1, 0.15) is 19.4 Å². The van der Waals surface area contributed by atoms with E-state index < -0.39 is 0 Å². The van der Waals surface area contributed by atoms with Crippen LogP contribution >= 0.6 is 11.8 Å². The quantitative estimate of drug-likeness (QED) is 0.608. The fourth-order valence-corrected chi connectivity index (χ4v) is 5.14. The van der Waals surface area contributed by atoms with Crippen LogP contribution < -0.4 is 14.4 Å². The van der Waals surface area contributed by atoms with Crippen LogP contribution in [0.25, 0.3) is 0 Å². The molecule has 176 valence electrons. The maximum Gasteiger partial charge on any atom is 0.239 e. The Labute approximate surface area is 199 Å². The molecule has 0 bridgehead atoms. The normalized spacial score (nSPS) is 22.2. The fraction of sp³-hybridized carbons (Fsp3) is 0.440. The van der Waals surface area contributed by atoms with Gasteiger partial charge in [0.25, 0.3) is 0 Å². The molecule has 7 nitrogen and oxygen atoms in total. The predicted molar refractivity (Wildman–Crippen MR) is 133 cm³/mol. The summed E-state index contributed by atoms with van der Waals surface area (Å²) >= 11 is 1.49. The highest BCUT2D eigenvalue weighted by molar-refractivity contribution is 8.15. The van der Waals surface area contributed by atoms with Crippen LogP contribution in [0.4, 0.5) is 11.4 Å². The number of amidine groups is 1. The number of morpholine rings is 1. The van der Waals surface area contributed by atoms with Crippen molar-refractivity contribution in [2.75, 3.05) is 44.5 Å². The number of amides is 1. The molecule has 2 fully saturated rings. The summed E-state index contributed by atoms with van der Waals surface area (Å²) in [6.45, 7) is 6.54. The van der Waals surface area contributed by atoms with Crippen LogP contribution in [0, 0.1) is 0 Å². The first-order chi connectivity index (χ1) is 16.0. The molecule has 8 heteroatoms. The zero-order chi connectivity index (χ0) is 23.4. The topological polar surface area (TPSA) is 63.6 Å². The van der Waals surface area contributed by atoms with Gasteiger partial charge in [-0.3, -0.25) is 9.69 Å². The molecule has 2 saturated heterocycles. The highest BCUT2D eigenvalue weighted by atomic mass is 32.2. The first-order valence-corrected chi connectivity index (χ1v) is 12.2. The van der Waals surface area contributed by atoms with Crippen molar-refractivity contribution < 1.29 is 19.0 Å². The number of anilines is 1. The molecule has 2 atom stereocenters. The van der Waals surface area contributed by atoms with Gasteiger partial charge >= 0.3 is 0 Å². The number of ether oxygens (including phenoxy) is 3. The number of hydrogen-bond acceptors (Lipinski definition) is 7. The summed E-state index contributed by atoms with van der Waals surface area (Å²) in [5, 5.41) is 0.752. The molecule has 0 N–H and O–H groups in total. The van der Waals surface area contributed by atoms with E-state index in [9.17, 15) is 4.79 Å². The molecule has 33 heavy (non-hydrogen) atoms. The second kappa shape index (κ2) is 10.5. The lowest BCUT2D eigenvalue weighted by molar-refractivity contribution is -0.124. The molecule has 2 unspecified atom stereocenters.